The number of likely N-dealkylation sites (N-methyl/N-ethyl adjacent to an activating group) is 2. The van der Waals surface area contributed by atoms with Crippen molar-refractivity contribution < 1.29 is 4.74 Å². The molecule has 2 aliphatic rings. The fourth-order valence-corrected chi connectivity index (χ4v) is 3.85. The van der Waals surface area contributed by atoms with E-state index in [2.05, 4.69) is 31.2 Å². The summed E-state index contributed by atoms with van der Waals surface area (Å²) in [6, 6.07) is 0.604. The van der Waals surface area contributed by atoms with Crippen molar-refractivity contribution in [1.29, 1.82) is 0 Å². The van der Waals surface area contributed by atoms with Crippen molar-refractivity contribution in [3.63, 3.8) is 0 Å². The van der Waals surface area contributed by atoms with Crippen LogP contribution in [0.15, 0.2) is 0 Å². The van der Waals surface area contributed by atoms with Gasteiger partial charge in [0.05, 0.1) is 6.61 Å². The molecule has 17 heavy (non-hydrogen) atoms. The monoisotopic (exact) mass is 240 g/mol. The summed E-state index contributed by atoms with van der Waals surface area (Å²) in [5, 5.41) is 3.77. The predicted octanol–water partition coefficient (Wildman–Crippen LogP) is 1.88. The van der Waals surface area contributed by atoms with E-state index in [9.17, 15) is 0 Å². The third kappa shape index (κ3) is 2.51. The van der Waals surface area contributed by atoms with Gasteiger partial charge in [-0.3, -0.25) is 0 Å². The van der Waals surface area contributed by atoms with Gasteiger partial charge in [0.25, 0.3) is 0 Å². The first-order valence-electron chi connectivity index (χ1n) is 7.19. The molecule has 2 fully saturated rings. The molecule has 1 saturated heterocycles. The zero-order valence-electron chi connectivity index (χ0n) is 11.7. The van der Waals surface area contributed by atoms with Crippen LogP contribution in [0, 0.1) is 5.92 Å². The van der Waals surface area contributed by atoms with Crippen LogP contribution < -0.4 is 5.32 Å². The Balaban J connectivity index is 2.16. The van der Waals surface area contributed by atoms with Crippen LogP contribution >= 0.6 is 0 Å². The van der Waals surface area contributed by atoms with Gasteiger partial charge in [-0.05, 0) is 39.9 Å². The van der Waals surface area contributed by atoms with Crippen LogP contribution in [0.1, 0.15) is 39.0 Å². The van der Waals surface area contributed by atoms with Crippen molar-refractivity contribution in [1.82, 2.24) is 10.2 Å². The fourth-order valence-electron chi connectivity index (χ4n) is 3.85. The van der Waals surface area contributed by atoms with E-state index in [0.29, 0.717) is 17.5 Å². The predicted molar refractivity (Wildman–Crippen MR) is 71.3 cm³/mol. The van der Waals surface area contributed by atoms with Gasteiger partial charge < -0.3 is 15.0 Å². The molecular weight excluding hydrogens is 212 g/mol. The normalized spacial score (nSPS) is 30.0. The third-order valence-electron chi connectivity index (χ3n) is 4.80. The molecule has 100 valence electrons. The van der Waals surface area contributed by atoms with E-state index in [0.717, 1.165) is 19.8 Å². The molecule has 1 heterocycles. The third-order valence-corrected chi connectivity index (χ3v) is 4.80. The number of nitrogens with one attached hydrogen (secondary N) is 1. The quantitative estimate of drug-likeness (QED) is 0.794. The maximum atomic E-state index is 5.61. The lowest BCUT2D eigenvalue weighted by atomic mass is 9.78. The Morgan fingerprint density at radius 1 is 1.35 bits per heavy atom. The molecule has 3 heteroatoms. The molecule has 0 radical (unpaired) electrons. The minimum atomic E-state index is 0.369. The van der Waals surface area contributed by atoms with E-state index >= 15 is 0 Å². The topological polar surface area (TPSA) is 24.5 Å². The number of rotatable bonds is 5. The number of hydrogen-bond acceptors (Lipinski definition) is 3. The first-order chi connectivity index (χ1) is 8.20. The van der Waals surface area contributed by atoms with Gasteiger partial charge in [0.1, 0.15) is 0 Å². The Morgan fingerprint density at radius 3 is 2.53 bits per heavy atom. The van der Waals surface area contributed by atoms with Crippen molar-refractivity contribution in [3.8, 4) is 0 Å². The summed E-state index contributed by atoms with van der Waals surface area (Å²) in [6.45, 7) is 5.20. The minimum absolute atomic E-state index is 0.369. The number of nitrogens with zero attached hydrogens (tertiary/aromatic N) is 1. The van der Waals surface area contributed by atoms with Crippen molar-refractivity contribution in [2.24, 2.45) is 5.92 Å². The Hall–Kier alpha value is -0.120. The van der Waals surface area contributed by atoms with E-state index in [4.69, 9.17) is 4.74 Å². The lowest BCUT2D eigenvalue weighted by Gasteiger charge is -2.46. The van der Waals surface area contributed by atoms with Gasteiger partial charge in [-0.25, -0.2) is 0 Å². The minimum Gasteiger partial charge on any atom is -0.381 e. The van der Waals surface area contributed by atoms with Gasteiger partial charge >= 0.3 is 0 Å². The molecule has 2 rings (SSSR count). The maximum Gasteiger partial charge on any atom is 0.0510 e. The first kappa shape index (κ1) is 13.3. The summed E-state index contributed by atoms with van der Waals surface area (Å²) < 4.78 is 5.61. The molecule has 3 nitrogen and oxygen atoms in total. The Kier molecular flexibility index (Phi) is 4.45. The Morgan fingerprint density at radius 2 is 2.06 bits per heavy atom. The highest BCUT2D eigenvalue weighted by atomic mass is 16.5. The molecule has 0 aromatic heterocycles. The van der Waals surface area contributed by atoms with E-state index in [-0.39, 0.29) is 0 Å². The van der Waals surface area contributed by atoms with E-state index in [1.165, 1.54) is 32.1 Å². The van der Waals surface area contributed by atoms with E-state index < -0.39 is 0 Å². The van der Waals surface area contributed by atoms with Crippen LogP contribution in [0.25, 0.3) is 0 Å². The highest BCUT2D eigenvalue weighted by molar-refractivity contribution is 5.05. The molecule has 1 N–H and O–H groups in total. The van der Waals surface area contributed by atoms with Crippen LogP contribution in [-0.4, -0.2) is 50.3 Å². The molecule has 2 atom stereocenters. The summed E-state index contributed by atoms with van der Waals surface area (Å²) in [5.74, 6) is 0.704. The Labute approximate surface area is 106 Å². The molecule has 0 amide bonds. The van der Waals surface area contributed by atoms with Crippen LogP contribution in [-0.2, 0) is 4.74 Å². The smallest absolute Gasteiger partial charge is 0.0510 e. The van der Waals surface area contributed by atoms with Gasteiger partial charge in [0.15, 0.2) is 0 Å². The molecule has 1 aliphatic carbocycles. The van der Waals surface area contributed by atoms with Crippen molar-refractivity contribution in [2.75, 3.05) is 33.9 Å². The second-order valence-electron chi connectivity index (χ2n) is 5.86. The van der Waals surface area contributed by atoms with Crippen molar-refractivity contribution in [2.45, 2.75) is 50.6 Å². The van der Waals surface area contributed by atoms with Gasteiger partial charge in [-0.15, -0.1) is 0 Å². The summed E-state index contributed by atoms with van der Waals surface area (Å²) in [4.78, 5) is 2.48. The Bertz CT molecular complexity index is 230. The largest absolute Gasteiger partial charge is 0.381 e. The van der Waals surface area contributed by atoms with Crippen LogP contribution in [0.3, 0.4) is 0 Å². The van der Waals surface area contributed by atoms with Gasteiger partial charge in [0, 0.05) is 24.1 Å². The lowest BCUT2D eigenvalue weighted by molar-refractivity contribution is 0.0674. The van der Waals surface area contributed by atoms with Crippen LogP contribution in [0.4, 0.5) is 0 Å². The summed E-state index contributed by atoms with van der Waals surface area (Å²) in [5.41, 5.74) is 0.369. The summed E-state index contributed by atoms with van der Waals surface area (Å²) in [7, 11) is 4.51. The molecule has 1 aliphatic heterocycles. The number of ether oxygens (including phenoxy) is 1. The molecule has 0 aromatic carbocycles. The average molecular weight is 240 g/mol. The number of hydrogen-bond donors (Lipinski definition) is 1. The first-order valence-corrected chi connectivity index (χ1v) is 7.19. The van der Waals surface area contributed by atoms with Crippen LogP contribution in [0.2, 0.25) is 0 Å². The highest BCUT2D eigenvalue weighted by Gasteiger charge is 2.46. The lowest BCUT2D eigenvalue weighted by Crippen LogP contribution is -2.60. The van der Waals surface area contributed by atoms with Gasteiger partial charge in [-0.2, -0.15) is 0 Å². The molecule has 0 bridgehead atoms. The summed E-state index contributed by atoms with van der Waals surface area (Å²) >= 11 is 0. The second-order valence-corrected chi connectivity index (χ2v) is 5.86. The zero-order chi connectivity index (χ0) is 12.3. The second kappa shape index (κ2) is 5.68. The zero-order valence-corrected chi connectivity index (χ0v) is 11.7. The van der Waals surface area contributed by atoms with Crippen molar-refractivity contribution in [3.05, 3.63) is 0 Å². The SMILES string of the molecule is CCNC(C1CCOC1)C1(N(C)C)CCCC1. The van der Waals surface area contributed by atoms with Gasteiger partial charge in [-0.1, -0.05) is 19.8 Å². The maximum absolute atomic E-state index is 5.61. The van der Waals surface area contributed by atoms with E-state index in [1.807, 2.05) is 0 Å². The average Bonchev–Trinajstić information content (AvgIpc) is 2.98. The molecule has 0 spiro atoms. The molecule has 0 aromatic rings. The van der Waals surface area contributed by atoms with Crippen molar-refractivity contribution >= 4 is 0 Å². The molecule has 2 unspecified atom stereocenters. The van der Waals surface area contributed by atoms with E-state index in [1.54, 1.807) is 0 Å². The molecule has 1 saturated carbocycles. The fraction of sp³-hybridized carbons (Fsp3) is 1.00. The highest BCUT2D eigenvalue weighted by Crippen LogP contribution is 2.40. The van der Waals surface area contributed by atoms with Gasteiger partial charge in [0.2, 0.25) is 0 Å². The van der Waals surface area contributed by atoms with Crippen LogP contribution in [0.5, 0.6) is 0 Å². The standard InChI is InChI=1S/C14H28N2O/c1-4-15-13(12-7-10-17-11-12)14(16(2)3)8-5-6-9-14/h12-13,15H,4-11H2,1-3H3. The summed E-state index contributed by atoms with van der Waals surface area (Å²) in [6.07, 6.45) is 6.68. The molecular formula is C14H28N2O.